The number of hydrogen-bond acceptors (Lipinski definition) is 3. The van der Waals surface area contributed by atoms with Crippen molar-refractivity contribution in [1.82, 2.24) is 0 Å². The summed E-state index contributed by atoms with van der Waals surface area (Å²) < 4.78 is 49.7. The summed E-state index contributed by atoms with van der Waals surface area (Å²) in [5.41, 5.74) is -0.0933. The van der Waals surface area contributed by atoms with E-state index in [0.717, 1.165) is 12.0 Å². The summed E-state index contributed by atoms with van der Waals surface area (Å²) in [5, 5.41) is -0.418. The zero-order valence-corrected chi connectivity index (χ0v) is 10.7. The van der Waals surface area contributed by atoms with Crippen molar-refractivity contribution in [1.29, 1.82) is 0 Å². The fraction of sp³-hybridized carbons (Fsp3) is 0.462. The predicted octanol–water partition coefficient (Wildman–Crippen LogP) is 3.48. The van der Waals surface area contributed by atoms with Crippen LogP contribution in [0.15, 0.2) is 24.3 Å². The molecular formula is C13H11F3O2S. The molecule has 1 spiro atoms. The Morgan fingerprint density at radius 3 is 2.74 bits per heavy atom. The molecule has 0 saturated carbocycles. The summed E-state index contributed by atoms with van der Waals surface area (Å²) in [4.78, 5) is 0. The van der Waals surface area contributed by atoms with Crippen LogP contribution in [0.3, 0.4) is 0 Å². The number of thiocarbonyl (C=S) groups is 1. The molecule has 0 bridgehead atoms. The highest BCUT2D eigenvalue weighted by Crippen LogP contribution is 2.50. The van der Waals surface area contributed by atoms with E-state index < -0.39 is 23.1 Å². The van der Waals surface area contributed by atoms with Crippen molar-refractivity contribution in [2.45, 2.75) is 37.1 Å². The normalized spacial score (nSPS) is 29.8. The molecule has 2 nitrogen and oxygen atoms in total. The van der Waals surface area contributed by atoms with Gasteiger partial charge in [-0.2, -0.15) is 13.2 Å². The highest BCUT2D eigenvalue weighted by molar-refractivity contribution is 7.79. The molecule has 0 amide bonds. The summed E-state index contributed by atoms with van der Waals surface area (Å²) in [6, 6.07) is 7.03. The van der Waals surface area contributed by atoms with Crippen molar-refractivity contribution >= 4 is 17.5 Å². The molecule has 102 valence electrons. The summed E-state index contributed by atoms with van der Waals surface area (Å²) in [7, 11) is 0. The molecule has 1 aromatic rings. The Morgan fingerprint density at radius 2 is 2.00 bits per heavy atom. The van der Waals surface area contributed by atoms with Crippen LogP contribution in [0.25, 0.3) is 0 Å². The van der Waals surface area contributed by atoms with E-state index in [-0.39, 0.29) is 6.42 Å². The van der Waals surface area contributed by atoms with Gasteiger partial charge in [0.15, 0.2) is 5.60 Å². The SMILES string of the molecule is FC(F)(F)[C@@H]1OC(=S)O[C@]12CCCc1ccccc12. The Bertz CT molecular complexity index is 529. The lowest BCUT2D eigenvalue weighted by Gasteiger charge is -2.37. The Labute approximate surface area is 113 Å². The molecular weight excluding hydrogens is 277 g/mol. The highest BCUT2D eigenvalue weighted by Gasteiger charge is 2.64. The smallest absolute Gasteiger partial charge is 0.429 e. The summed E-state index contributed by atoms with van der Waals surface area (Å²) in [5.74, 6) is 0. The molecule has 2 atom stereocenters. The quantitative estimate of drug-likeness (QED) is 0.681. The molecule has 19 heavy (non-hydrogen) atoms. The van der Waals surface area contributed by atoms with E-state index in [9.17, 15) is 13.2 Å². The Kier molecular flexibility index (Phi) is 2.74. The number of ether oxygens (including phenoxy) is 2. The van der Waals surface area contributed by atoms with Gasteiger partial charge in [0.25, 0.3) is 0 Å². The van der Waals surface area contributed by atoms with Crippen LogP contribution in [0.2, 0.25) is 0 Å². The van der Waals surface area contributed by atoms with Crippen LogP contribution in [-0.2, 0) is 21.5 Å². The molecule has 3 rings (SSSR count). The molecule has 0 unspecified atom stereocenters. The second kappa shape index (κ2) is 4.10. The van der Waals surface area contributed by atoms with Gasteiger partial charge >= 0.3 is 11.4 Å². The molecule has 1 fully saturated rings. The Hall–Kier alpha value is -1.30. The molecule has 1 aromatic carbocycles. The number of aryl methyl sites for hydroxylation is 1. The monoisotopic (exact) mass is 288 g/mol. The maximum Gasteiger partial charge on any atom is 0.429 e. The lowest BCUT2D eigenvalue weighted by Crippen LogP contribution is -2.48. The first-order chi connectivity index (χ1) is 8.93. The van der Waals surface area contributed by atoms with Gasteiger partial charge in [0, 0.05) is 17.8 Å². The third-order valence-corrected chi connectivity index (χ3v) is 3.85. The van der Waals surface area contributed by atoms with E-state index in [4.69, 9.17) is 21.7 Å². The van der Waals surface area contributed by atoms with Crippen molar-refractivity contribution in [3.63, 3.8) is 0 Å². The zero-order valence-electron chi connectivity index (χ0n) is 9.87. The van der Waals surface area contributed by atoms with Gasteiger partial charge in [0.2, 0.25) is 6.10 Å². The van der Waals surface area contributed by atoms with Gasteiger partial charge in [-0.15, -0.1) is 0 Å². The fourth-order valence-electron chi connectivity index (χ4n) is 2.95. The standard InChI is InChI=1S/C13H11F3O2S/c14-13(15,16)10-12(18-11(19)17-10)7-3-5-8-4-1-2-6-9(8)12/h1-2,4,6,10H,3,5,7H2/t10-,12+/m1/s1. The molecule has 1 heterocycles. The molecule has 1 saturated heterocycles. The largest absolute Gasteiger partial charge is 0.441 e. The molecule has 1 aliphatic heterocycles. The van der Waals surface area contributed by atoms with Crippen molar-refractivity contribution in [3.05, 3.63) is 35.4 Å². The van der Waals surface area contributed by atoms with E-state index in [1.807, 2.05) is 12.1 Å². The zero-order chi connectivity index (χ0) is 13.7. The van der Waals surface area contributed by atoms with E-state index >= 15 is 0 Å². The van der Waals surface area contributed by atoms with Crippen molar-refractivity contribution in [3.8, 4) is 0 Å². The van der Waals surface area contributed by atoms with Crippen LogP contribution >= 0.6 is 12.2 Å². The Morgan fingerprint density at radius 1 is 1.26 bits per heavy atom. The fourth-order valence-corrected chi connectivity index (χ4v) is 3.20. The van der Waals surface area contributed by atoms with Gasteiger partial charge in [-0.1, -0.05) is 24.3 Å². The van der Waals surface area contributed by atoms with Crippen LogP contribution in [0, 0.1) is 0 Å². The highest BCUT2D eigenvalue weighted by atomic mass is 32.1. The predicted molar refractivity (Wildman–Crippen MR) is 65.7 cm³/mol. The van der Waals surface area contributed by atoms with E-state index in [1.165, 1.54) is 0 Å². The second-order valence-corrected chi connectivity index (χ2v) is 5.13. The van der Waals surface area contributed by atoms with Gasteiger partial charge in [-0.3, -0.25) is 0 Å². The average molecular weight is 288 g/mol. The van der Waals surface area contributed by atoms with Crippen LogP contribution in [0.5, 0.6) is 0 Å². The summed E-state index contributed by atoms with van der Waals surface area (Å²) >= 11 is 4.70. The third kappa shape index (κ3) is 1.89. The van der Waals surface area contributed by atoms with Crippen molar-refractivity contribution in [2.24, 2.45) is 0 Å². The maximum absolute atomic E-state index is 13.2. The van der Waals surface area contributed by atoms with Crippen LogP contribution in [0.1, 0.15) is 24.0 Å². The Balaban J connectivity index is 2.15. The first-order valence-corrected chi connectivity index (χ1v) is 6.39. The van der Waals surface area contributed by atoms with Gasteiger partial charge in [-0.05, 0) is 24.8 Å². The first kappa shape index (κ1) is 12.7. The van der Waals surface area contributed by atoms with E-state index in [1.54, 1.807) is 12.1 Å². The molecule has 0 N–H and O–H groups in total. The molecule has 1 aliphatic carbocycles. The van der Waals surface area contributed by atoms with Gasteiger partial charge in [0.1, 0.15) is 0 Å². The van der Waals surface area contributed by atoms with Gasteiger partial charge < -0.3 is 9.47 Å². The topological polar surface area (TPSA) is 18.5 Å². The number of halogens is 3. The van der Waals surface area contributed by atoms with Crippen LogP contribution in [-0.4, -0.2) is 17.5 Å². The van der Waals surface area contributed by atoms with E-state index in [0.29, 0.717) is 12.0 Å². The molecule has 0 aromatic heterocycles. The molecule has 0 radical (unpaired) electrons. The molecule has 6 heteroatoms. The van der Waals surface area contributed by atoms with Crippen LogP contribution in [0.4, 0.5) is 13.2 Å². The number of benzene rings is 1. The average Bonchev–Trinajstić information content (AvgIpc) is 2.68. The number of alkyl halides is 3. The minimum absolute atomic E-state index is 0.258. The minimum Gasteiger partial charge on any atom is -0.441 e. The third-order valence-electron chi connectivity index (χ3n) is 3.67. The number of rotatable bonds is 0. The molecule has 2 aliphatic rings. The van der Waals surface area contributed by atoms with Gasteiger partial charge in [0.05, 0.1) is 0 Å². The van der Waals surface area contributed by atoms with Gasteiger partial charge in [-0.25, -0.2) is 0 Å². The van der Waals surface area contributed by atoms with E-state index in [2.05, 4.69) is 0 Å². The minimum atomic E-state index is -4.51. The lowest BCUT2D eigenvalue weighted by molar-refractivity contribution is -0.224. The number of hydrogen-bond donors (Lipinski definition) is 0. The summed E-state index contributed by atoms with van der Waals surface area (Å²) in [6.07, 6.45) is -4.90. The second-order valence-electron chi connectivity index (χ2n) is 4.79. The lowest BCUT2D eigenvalue weighted by atomic mass is 9.75. The first-order valence-electron chi connectivity index (χ1n) is 5.98. The summed E-state index contributed by atoms with van der Waals surface area (Å²) in [6.45, 7) is 0. The number of fused-ring (bicyclic) bond motifs is 2. The van der Waals surface area contributed by atoms with Crippen LogP contribution < -0.4 is 0 Å². The maximum atomic E-state index is 13.2. The van der Waals surface area contributed by atoms with Crippen molar-refractivity contribution < 1.29 is 22.6 Å². The van der Waals surface area contributed by atoms with Crippen molar-refractivity contribution in [2.75, 3.05) is 0 Å².